The van der Waals surface area contributed by atoms with Gasteiger partial charge in [0.15, 0.2) is 0 Å². The smallest absolute Gasteiger partial charge is 0.217 e. The molecule has 1 heterocycles. The summed E-state index contributed by atoms with van der Waals surface area (Å²) in [5.41, 5.74) is 6.23. The molecule has 1 aliphatic rings. The fourth-order valence-electron chi connectivity index (χ4n) is 2.15. The predicted molar refractivity (Wildman–Crippen MR) is 75.5 cm³/mol. The van der Waals surface area contributed by atoms with Gasteiger partial charge in [0, 0.05) is 24.8 Å². The van der Waals surface area contributed by atoms with Crippen LogP contribution in [0.4, 0.5) is 5.69 Å². The molecule has 0 aromatic heterocycles. The second-order valence-corrected chi connectivity index (χ2v) is 7.08. The van der Waals surface area contributed by atoms with Crippen molar-refractivity contribution in [3.63, 3.8) is 0 Å². The molecule has 1 unspecified atom stereocenters. The van der Waals surface area contributed by atoms with Crippen molar-refractivity contribution in [1.82, 2.24) is 4.31 Å². The summed E-state index contributed by atoms with van der Waals surface area (Å²) in [6, 6.07) is 6.99. The molecular formula is C13H20N2O3S. The van der Waals surface area contributed by atoms with Crippen LogP contribution >= 0.6 is 0 Å². The average Bonchev–Trinajstić information content (AvgIpc) is 2.76. The zero-order valence-electron chi connectivity index (χ0n) is 11.1. The van der Waals surface area contributed by atoms with E-state index in [1.165, 1.54) is 0 Å². The first-order chi connectivity index (χ1) is 8.97. The molecule has 106 valence electrons. The van der Waals surface area contributed by atoms with Gasteiger partial charge in [-0.05, 0) is 24.5 Å². The van der Waals surface area contributed by atoms with Crippen LogP contribution < -0.4 is 10.5 Å². The summed E-state index contributed by atoms with van der Waals surface area (Å²) < 4.78 is 31.1. The van der Waals surface area contributed by atoms with Gasteiger partial charge in [0.25, 0.3) is 0 Å². The molecule has 0 spiro atoms. The van der Waals surface area contributed by atoms with E-state index in [1.54, 1.807) is 28.6 Å². The predicted octanol–water partition coefficient (Wildman–Crippen LogP) is 1.32. The highest BCUT2D eigenvalue weighted by molar-refractivity contribution is 7.89. The fourth-order valence-corrected chi connectivity index (χ4v) is 3.56. The van der Waals surface area contributed by atoms with Crippen molar-refractivity contribution in [2.75, 3.05) is 31.2 Å². The zero-order valence-corrected chi connectivity index (χ0v) is 11.9. The molecule has 0 saturated carbocycles. The molecule has 19 heavy (non-hydrogen) atoms. The van der Waals surface area contributed by atoms with Gasteiger partial charge in [-0.25, -0.2) is 12.7 Å². The number of sulfonamides is 1. The maximum atomic E-state index is 12.1. The van der Waals surface area contributed by atoms with Crippen molar-refractivity contribution >= 4 is 15.7 Å². The highest BCUT2D eigenvalue weighted by Gasteiger charge is 2.28. The molecule has 1 atom stereocenters. The number of anilines is 1. The van der Waals surface area contributed by atoms with Crippen molar-refractivity contribution in [3.8, 4) is 5.75 Å². The summed E-state index contributed by atoms with van der Waals surface area (Å²) in [7, 11) is -3.20. The van der Waals surface area contributed by atoms with E-state index in [-0.39, 0.29) is 12.4 Å². The van der Waals surface area contributed by atoms with Gasteiger partial charge in [0.05, 0.1) is 5.75 Å². The quantitative estimate of drug-likeness (QED) is 0.828. The van der Waals surface area contributed by atoms with Crippen molar-refractivity contribution in [2.45, 2.75) is 13.3 Å². The Morgan fingerprint density at radius 1 is 1.47 bits per heavy atom. The summed E-state index contributed by atoms with van der Waals surface area (Å²) in [6.07, 6.45) is 0.940. The van der Waals surface area contributed by atoms with Crippen molar-refractivity contribution in [1.29, 1.82) is 0 Å². The van der Waals surface area contributed by atoms with Gasteiger partial charge in [0.2, 0.25) is 10.0 Å². The lowest BCUT2D eigenvalue weighted by atomic mass is 10.2. The molecule has 1 fully saturated rings. The third-order valence-electron chi connectivity index (χ3n) is 3.25. The first kappa shape index (κ1) is 14.1. The molecule has 1 aromatic carbocycles. The van der Waals surface area contributed by atoms with Gasteiger partial charge in [0.1, 0.15) is 12.4 Å². The first-order valence-corrected chi connectivity index (χ1v) is 8.04. The van der Waals surface area contributed by atoms with E-state index in [0.29, 0.717) is 30.4 Å². The van der Waals surface area contributed by atoms with Crippen LogP contribution in [0.25, 0.3) is 0 Å². The monoisotopic (exact) mass is 284 g/mol. The van der Waals surface area contributed by atoms with E-state index < -0.39 is 10.0 Å². The van der Waals surface area contributed by atoms with Crippen LogP contribution in [0.1, 0.15) is 13.3 Å². The molecule has 0 bridgehead atoms. The lowest BCUT2D eigenvalue weighted by Gasteiger charge is -2.16. The highest BCUT2D eigenvalue weighted by Crippen LogP contribution is 2.19. The Kier molecular flexibility index (Phi) is 4.31. The molecule has 0 amide bonds. The van der Waals surface area contributed by atoms with Crippen LogP contribution in [-0.4, -0.2) is 38.2 Å². The van der Waals surface area contributed by atoms with Crippen molar-refractivity contribution in [3.05, 3.63) is 24.3 Å². The number of hydrogen-bond acceptors (Lipinski definition) is 4. The second kappa shape index (κ2) is 5.79. The molecule has 1 aliphatic heterocycles. The number of rotatable bonds is 5. The number of benzene rings is 1. The summed E-state index contributed by atoms with van der Waals surface area (Å²) >= 11 is 0. The Morgan fingerprint density at radius 3 is 2.89 bits per heavy atom. The Labute approximate surface area is 114 Å². The van der Waals surface area contributed by atoms with E-state index in [2.05, 4.69) is 6.92 Å². The molecule has 1 aromatic rings. The van der Waals surface area contributed by atoms with E-state index in [1.807, 2.05) is 0 Å². The Hall–Kier alpha value is -1.27. The van der Waals surface area contributed by atoms with Crippen molar-refractivity contribution in [2.24, 2.45) is 5.92 Å². The molecule has 2 rings (SSSR count). The van der Waals surface area contributed by atoms with Gasteiger partial charge >= 0.3 is 0 Å². The van der Waals surface area contributed by atoms with E-state index in [9.17, 15) is 8.42 Å². The van der Waals surface area contributed by atoms with Crippen LogP contribution in [-0.2, 0) is 10.0 Å². The van der Waals surface area contributed by atoms with Crippen LogP contribution in [0.3, 0.4) is 0 Å². The van der Waals surface area contributed by atoms with Crippen LogP contribution in [0, 0.1) is 5.92 Å². The lowest BCUT2D eigenvalue weighted by Crippen LogP contribution is -2.32. The molecule has 6 heteroatoms. The van der Waals surface area contributed by atoms with Crippen LogP contribution in [0.2, 0.25) is 0 Å². The van der Waals surface area contributed by atoms with Crippen LogP contribution in [0.5, 0.6) is 5.75 Å². The number of nitrogens with zero attached hydrogens (tertiary/aromatic N) is 1. The van der Waals surface area contributed by atoms with Gasteiger partial charge < -0.3 is 10.5 Å². The minimum absolute atomic E-state index is 0.00845. The number of ether oxygens (including phenoxy) is 1. The number of nitrogens with two attached hydrogens (primary N) is 1. The minimum atomic E-state index is -3.20. The third kappa shape index (κ3) is 3.84. The summed E-state index contributed by atoms with van der Waals surface area (Å²) in [5.74, 6) is 1.06. The summed E-state index contributed by atoms with van der Waals surface area (Å²) in [4.78, 5) is 0. The van der Waals surface area contributed by atoms with Crippen LogP contribution in [0.15, 0.2) is 24.3 Å². The standard InChI is InChI=1S/C13H20N2O3S/c1-11-5-6-15(10-11)19(16,17)8-7-18-13-4-2-3-12(14)9-13/h2-4,9,11H,5-8,10,14H2,1H3. The Bertz CT molecular complexity index is 530. The van der Waals surface area contributed by atoms with Crippen molar-refractivity contribution < 1.29 is 13.2 Å². The fraction of sp³-hybridized carbons (Fsp3) is 0.538. The van der Waals surface area contributed by atoms with E-state index >= 15 is 0 Å². The van der Waals surface area contributed by atoms with Gasteiger partial charge in [-0.15, -0.1) is 0 Å². The maximum absolute atomic E-state index is 12.1. The molecule has 2 N–H and O–H groups in total. The van der Waals surface area contributed by atoms with E-state index in [4.69, 9.17) is 10.5 Å². The largest absolute Gasteiger partial charge is 0.492 e. The zero-order chi connectivity index (χ0) is 13.9. The third-order valence-corrected chi connectivity index (χ3v) is 5.05. The van der Waals surface area contributed by atoms with Gasteiger partial charge in [-0.2, -0.15) is 0 Å². The van der Waals surface area contributed by atoms with Gasteiger partial charge in [-0.3, -0.25) is 0 Å². The first-order valence-electron chi connectivity index (χ1n) is 6.43. The minimum Gasteiger partial charge on any atom is -0.492 e. The second-order valence-electron chi connectivity index (χ2n) is 4.99. The normalized spacial score (nSPS) is 20.6. The average molecular weight is 284 g/mol. The topological polar surface area (TPSA) is 72.6 Å². The summed E-state index contributed by atoms with van der Waals surface area (Å²) in [5, 5.41) is 0. The molecule has 0 radical (unpaired) electrons. The molecular weight excluding hydrogens is 264 g/mol. The Morgan fingerprint density at radius 2 is 2.26 bits per heavy atom. The molecule has 1 saturated heterocycles. The summed E-state index contributed by atoms with van der Waals surface area (Å²) in [6.45, 7) is 3.47. The number of hydrogen-bond donors (Lipinski definition) is 1. The van der Waals surface area contributed by atoms with E-state index in [0.717, 1.165) is 6.42 Å². The molecule has 0 aliphatic carbocycles. The highest BCUT2D eigenvalue weighted by atomic mass is 32.2. The molecule has 5 nitrogen and oxygen atoms in total. The SMILES string of the molecule is CC1CCN(S(=O)(=O)CCOc2cccc(N)c2)C1. The lowest BCUT2D eigenvalue weighted by molar-refractivity contribution is 0.337. The maximum Gasteiger partial charge on any atom is 0.217 e. The van der Waals surface area contributed by atoms with Gasteiger partial charge in [-0.1, -0.05) is 13.0 Å². The number of nitrogen functional groups attached to an aromatic ring is 1. The Balaban J connectivity index is 1.85.